The highest BCUT2D eigenvalue weighted by Gasteiger charge is 2.25. The molecule has 3 rings (SSSR count). The minimum absolute atomic E-state index is 0.188. The first-order valence-corrected chi connectivity index (χ1v) is 8.83. The van der Waals surface area contributed by atoms with Gasteiger partial charge in [0.2, 0.25) is 0 Å². The summed E-state index contributed by atoms with van der Waals surface area (Å²) in [5.74, 6) is -1.66. The molecule has 7 heteroatoms. The Kier molecular flexibility index (Phi) is 5.44. The molecule has 2 aromatic rings. The fraction of sp³-hybridized carbons (Fsp3) is 0.190. The van der Waals surface area contributed by atoms with Crippen molar-refractivity contribution in [3.8, 4) is 0 Å². The molecule has 0 spiro atoms. The van der Waals surface area contributed by atoms with Gasteiger partial charge in [-0.15, -0.1) is 0 Å². The molecule has 0 radical (unpaired) electrons. The Bertz CT molecular complexity index is 963. The molecule has 144 valence electrons. The molecule has 0 aromatic heterocycles. The number of rotatable bonds is 6. The molecule has 0 saturated heterocycles. The molecule has 1 atom stereocenters. The lowest BCUT2D eigenvalue weighted by Gasteiger charge is -2.12. The first kappa shape index (κ1) is 19.2. The van der Waals surface area contributed by atoms with Crippen molar-refractivity contribution in [2.24, 2.45) is 0 Å². The number of hydrogen-bond acceptors (Lipinski definition) is 5. The monoisotopic (exact) mass is 380 g/mol. The predicted octanol–water partition coefficient (Wildman–Crippen LogP) is 3.40. The van der Waals surface area contributed by atoms with Crippen molar-refractivity contribution in [3.63, 3.8) is 0 Å². The highest BCUT2D eigenvalue weighted by atomic mass is 16.5. The Hall–Kier alpha value is -3.61. The lowest BCUT2D eigenvalue weighted by atomic mass is 10.0. The molecule has 0 aliphatic carbocycles. The van der Waals surface area contributed by atoms with Gasteiger partial charge in [0, 0.05) is 28.6 Å². The third-order valence-electron chi connectivity index (χ3n) is 4.26. The third kappa shape index (κ3) is 4.03. The normalized spacial score (nSPS) is 14.9. The smallest absolute Gasteiger partial charge is 0.338 e. The molecule has 1 heterocycles. The number of carboxylic acids is 1. The Balaban J connectivity index is 1.78. The van der Waals surface area contributed by atoms with E-state index in [2.05, 4.69) is 10.6 Å². The van der Waals surface area contributed by atoms with Crippen LogP contribution in [-0.4, -0.2) is 35.6 Å². The van der Waals surface area contributed by atoms with E-state index in [0.29, 0.717) is 22.4 Å². The third-order valence-corrected chi connectivity index (χ3v) is 4.26. The van der Waals surface area contributed by atoms with Crippen LogP contribution in [0.1, 0.15) is 40.1 Å². The number of fused-ring (bicyclic) bond motifs is 1. The lowest BCUT2D eigenvalue weighted by Crippen LogP contribution is -2.14. The van der Waals surface area contributed by atoms with Gasteiger partial charge in [0.15, 0.2) is 0 Å². The average Bonchev–Trinajstić information content (AvgIpc) is 2.97. The molecule has 0 bridgehead atoms. The van der Waals surface area contributed by atoms with Crippen LogP contribution in [0.3, 0.4) is 0 Å². The summed E-state index contributed by atoms with van der Waals surface area (Å²) >= 11 is 0. The number of nitrogens with one attached hydrogen (secondary N) is 2. The summed E-state index contributed by atoms with van der Waals surface area (Å²) in [5.41, 5.74) is 3.12. The summed E-state index contributed by atoms with van der Waals surface area (Å²) in [7, 11) is 0. The summed E-state index contributed by atoms with van der Waals surface area (Å²) in [6, 6.07) is 11.1. The molecule has 7 nitrogen and oxygen atoms in total. The van der Waals surface area contributed by atoms with Gasteiger partial charge in [-0.2, -0.15) is 0 Å². The Morgan fingerprint density at radius 1 is 1.18 bits per heavy atom. The minimum atomic E-state index is -0.983. The maximum absolute atomic E-state index is 12.4. The largest absolute Gasteiger partial charge is 0.478 e. The van der Waals surface area contributed by atoms with Crippen LogP contribution in [0.25, 0.3) is 5.57 Å². The van der Waals surface area contributed by atoms with Gasteiger partial charge in [-0.05, 0) is 56.3 Å². The van der Waals surface area contributed by atoms with Crippen molar-refractivity contribution in [3.05, 3.63) is 65.2 Å². The number of aromatic carboxylic acids is 1. The van der Waals surface area contributed by atoms with Crippen LogP contribution in [0.4, 0.5) is 11.4 Å². The number of benzene rings is 2. The second-order valence-electron chi connectivity index (χ2n) is 6.33. The summed E-state index contributed by atoms with van der Waals surface area (Å²) < 4.78 is 4.98. The summed E-state index contributed by atoms with van der Waals surface area (Å²) in [6.45, 7) is 3.90. The van der Waals surface area contributed by atoms with Crippen LogP contribution >= 0.6 is 0 Å². The zero-order valence-electron chi connectivity index (χ0n) is 15.5. The molecular formula is C21H20N2O5. The SMILES string of the molecule is CCOC(=O)c1ccc2c(c1)NC(=O)C2=CC(C)Nc1ccc(C(=O)O)cc1. The number of ether oxygens (including phenoxy) is 1. The standard InChI is InChI=1S/C21H20N2O5/c1-3-28-21(27)14-6-9-16-17(19(24)23-18(16)11-14)10-12(2)22-15-7-4-13(5-8-15)20(25)26/h4-12,22H,3H2,1-2H3,(H,23,24)(H,25,26). The van der Waals surface area contributed by atoms with Gasteiger partial charge >= 0.3 is 11.9 Å². The van der Waals surface area contributed by atoms with E-state index in [0.717, 1.165) is 5.69 Å². The highest BCUT2D eigenvalue weighted by Crippen LogP contribution is 2.33. The van der Waals surface area contributed by atoms with Crippen LogP contribution in [0.5, 0.6) is 0 Å². The molecule has 0 fully saturated rings. The van der Waals surface area contributed by atoms with Gasteiger partial charge in [0.25, 0.3) is 5.91 Å². The second-order valence-corrected chi connectivity index (χ2v) is 6.33. The number of esters is 1. The number of carbonyl (C=O) groups excluding carboxylic acids is 2. The quantitative estimate of drug-likeness (QED) is 0.524. The fourth-order valence-corrected chi connectivity index (χ4v) is 2.96. The number of hydrogen-bond donors (Lipinski definition) is 3. The first-order valence-electron chi connectivity index (χ1n) is 8.83. The summed E-state index contributed by atoms with van der Waals surface area (Å²) in [6.07, 6.45) is 1.79. The maximum Gasteiger partial charge on any atom is 0.338 e. The van der Waals surface area contributed by atoms with Crippen molar-refractivity contribution in [2.45, 2.75) is 19.9 Å². The molecular weight excluding hydrogens is 360 g/mol. The Morgan fingerprint density at radius 2 is 1.86 bits per heavy atom. The lowest BCUT2D eigenvalue weighted by molar-refractivity contribution is -0.110. The van der Waals surface area contributed by atoms with E-state index in [4.69, 9.17) is 9.84 Å². The molecule has 3 N–H and O–H groups in total. The first-order chi connectivity index (χ1) is 13.4. The van der Waals surface area contributed by atoms with Gasteiger partial charge in [0.1, 0.15) is 0 Å². The number of amides is 1. The van der Waals surface area contributed by atoms with Crippen molar-refractivity contribution in [1.29, 1.82) is 0 Å². The molecule has 2 aromatic carbocycles. The summed E-state index contributed by atoms with van der Waals surface area (Å²) in [4.78, 5) is 35.1. The van der Waals surface area contributed by atoms with Crippen molar-refractivity contribution in [1.82, 2.24) is 0 Å². The number of carboxylic acid groups (broad SMARTS) is 1. The zero-order valence-corrected chi connectivity index (χ0v) is 15.5. The van der Waals surface area contributed by atoms with Crippen LogP contribution < -0.4 is 10.6 Å². The Morgan fingerprint density at radius 3 is 2.50 bits per heavy atom. The van der Waals surface area contributed by atoms with Gasteiger partial charge in [-0.25, -0.2) is 9.59 Å². The molecule has 28 heavy (non-hydrogen) atoms. The van der Waals surface area contributed by atoms with E-state index < -0.39 is 11.9 Å². The van der Waals surface area contributed by atoms with Gasteiger partial charge in [0.05, 0.1) is 17.7 Å². The van der Waals surface area contributed by atoms with E-state index in [1.807, 2.05) is 6.92 Å². The summed E-state index contributed by atoms with van der Waals surface area (Å²) in [5, 5.41) is 14.9. The van der Waals surface area contributed by atoms with Gasteiger partial charge in [-0.3, -0.25) is 4.79 Å². The molecule has 1 amide bonds. The molecule has 1 aliphatic heterocycles. The zero-order chi connectivity index (χ0) is 20.3. The van der Waals surface area contributed by atoms with Crippen molar-refractivity contribution < 1.29 is 24.2 Å². The molecule has 0 saturated carbocycles. The minimum Gasteiger partial charge on any atom is -0.478 e. The Labute approximate surface area is 162 Å². The van der Waals surface area contributed by atoms with Gasteiger partial charge in [-0.1, -0.05) is 6.07 Å². The van der Waals surface area contributed by atoms with Crippen LogP contribution in [0.2, 0.25) is 0 Å². The van der Waals surface area contributed by atoms with E-state index in [-0.39, 0.29) is 24.1 Å². The van der Waals surface area contributed by atoms with E-state index in [1.54, 1.807) is 43.3 Å². The van der Waals surface area contributed by atoms with E-state index in [1.165, 1.54) is 12.1 Å². The van der Waals surface area contributed by atoms with Crippen LogP contribution in [-0.2, 0) is 9.53 Å². The fourth-order valence-electron chi connectivity index (χ4n) is 2.96. The predicted molar refractivity (Wildman–Crippen MR) is 105 cm³/mol. The van der Waals surface area contributed by atoms with Gasteiger partial charge < -0.3 is 20.5 Å². The molecule has 1 aliphatic rings. The van der Waals surface area contributed by atoms with Crippen molar-refractivity contribution in [2.75, 3.05) is 17.2 Å². The topological polar surface area (TPSA) is 105 Å². The number of anilines is 2. The average molecular weight is 380 g/mol. The van der Waals surface area contributed by atoms with Crippen LogP contribution in [0, 0.1) is 0 Å². The van der Waals surface area contributed by atoms with Crippen molar-refractivity contribution >= 4 is 34.8 Å². The maximum atomic E-state index is 12.4. The highest BCUT2D eigenvalue weighted by molar-refractivity contribution is 6.31. The second kappa shape index (κ2) is 7.96. The van der Waals surface area contributed by atoms with Crippen LogP contribution in [0.15, 0.2) is 48.5 Å². The van der Waals surface area contributed by atoms with E-state index in [9.17, 15) is 14.4 Å². The van der Waals surface area contributed by atoms with E-state index >= 15 is 0 Å². The number of carbonyl (C=O) groups is 3. The molecule has 1 unspecified atom stereocenters.